The van der Waals surface area contributed by atoms with Crippen molar-refractivity contribution in [2.45, 2.75) is 59.5 Å². The number of nitrogens with zero attached hydrogens (tertiary/aromatic N) is 1. The van der Waals surface area contributed by atoms with Crippen LogP contribution in [0, 0.1) is 0 Å². The molecule has 1 saturated heterocycles. The smallest absolute Gasteiger partial charge is 0.0195 e. The van der Waals surface area contributed by atoms with E-state index in [1.54, 1.807) is 0 Å². The topological polar surface area (TPSA) is 15.3 Å². The van der Waals surface area contributed by atoms with Gasteiger partial charge in [0.25, 0.3) is 0 Å². The van der Waals surface area contributed by atoms with Gasteiger partial charge in [0.2, 0.25) is 0 Å². The number of unbranched alkanes of at least 4 members (excludes halogenated alkanes) is 1. The highest BCUT2D eigenvalue weighted by atomic mass is 15.2. The summed E-state index contributed by atoms with van der Waals surface area (Å²) in [5.41, 5.74) is 0. The summed E-state index contributed by atoms with van der Waals surface area (Å²) < 4.78 is 0. The van der Waals surface area contributed by atoms with Crippen LogP contribution in [-0.2, 0) is 0 Å². The Morgan fingerprint density at radius 1 is 1.14 bits per heavy atom. The van der Waals surface area contributed by atoms with Gasteiger partial charge in [-0.05, 0) is 26.8 Å². The van der Waals surface area contributed by atoms with Crippen LogP contribution in [0.25, 0.3) is 0 Å². The van der Waals surface area contributed by atoms with Crippen LogP contribution < -0.4 is 5.32 Å². The van der Waals surface area contributed by atoms with Gasteiger partial charge in [-0.1, -0.05) is 27.2 Å². The number of piperazine rings is 1. The first kappa shape index (κ1) is 13.9. The van der Waals surface area contributed by atoms with Gasteiger partial charge >= 0.3 is 0 Å². The Bertz CT molecular complexity index is 115. The van der Waals surface area contributed by atoms with Crippen molar-refractivity contribution < 1.29 is 0 Å². The molecule has 1 N–H and O–H groups in total. The van der Waals surface area contributed by atoms with E-state index in [4.69, 9.17) is 0 Å². The van der Waals surface area contributed by atoms with Crippen LogP contribution in [0.5, 0.6) is 0 Å². The Hall–Kier alpha value is -0.0800. The molecule has 0 aromatic carbocycles. The second kappa shape index (κ2) is 8.25. The molecule has 86 valence electrons. The lowest BCUT2D eigenvalue weighted by molar-refractivity contribution is 0.115. The Balaban J connectivity index is 0.000000791. The van der Waals surface area contributed by atoms with Crippen molar-refractivity contribution >= 4 is 0 Å². The van der Waals surface area contributed by atoms with E-state index >= 15 is 0 Å². The predicted molar refractivity (Wildman–Crippen MR) is 64.8 cm³/mol. The average Bonchev–Trinajstić information content (AvgIpc) is 2.20. The molecule has 0 radical (unpaired) electrons. The van der Waals surface area contributed by atoms with Crippen molar-refractivity contribution in [3.8, 4) is 0 Å². The van der Waals surface area contributed by atoms with Crippen LogP contribution in [0.4, 0.5) is 0 Å². The molecule has 0 bridgehead atoms. The quantitative estimate of drug-likeness (QED) is 0.753. The Morgan fingerprint density at radius 3 is 2.07 bits per heavy atom. The summed E-state index contributed by atoms with van der Waals surface area (Å²) in [4.78, 5) is 2.62. The molecule has 2 heteroatoms. The molecule has 2 nitrogen and oxygen atoms in total. The van der Waals surface area contributed by atoms with Gasteiger partial charge in [-0.3, -0.25) is 4.90 Å². The van der Waals surface area contributed by atoms with Gasteiger partial charge in [-0.2, -0.15) is 0 Å². The van der Waals surface area contributed by atoms with E-state index in [0.29, 0.717) is 0 Å². The van der Waals surface area contributed by atoms with Gasteiger partial charge < -0.3 is 5.32 Å². The largest absolute Gasteiger partial charge is 0.314 e. The van der Waals surface area contributed by atoms with Crippen molar-refractivity contribution in [2.75, 3.05) is 19.6 Å². The Morgan fingerprint density at radius 2 is 1.64 bits per heavy atom. The molecule has 0 aromatic heterocycles. The van der Waals surface area contributed by atoms with Crippen LogP contribution >= 0.6 is 0 Å². The summed E-state index contributed by atoms with van der Waals surface area (Å²) >= 11 is 0. The normalized spacial score (nSPS) is 28.1. The lowest BCUT2D eigenvalue weighted by Gasteiger charge is -2.39. The van der Waals surface area contributed by atoms with E-state index in [1.807, 2.05) is 13.8 Å². The minimum absolute atomic E-state index is 0.722. The molecule has 0 aliphatic carbocycles. The van der Waals surface area contributed by atoms with E-state index < -0.39 is 0 Å². The van der Waals surface area contributed by atoms with Crippen LogP contribution in [0.3, 0.4) is 0 Å². The van der Waals surface area contributed by atoms with Gasteiger partial charge in [0.05, 0.1) is 0 Å². The Kier molecular flexibility index (Phi) is 8.20. The summed E-state index contributed by atoms with van der Waals surface area (Å²) in [6.45, 7) is 14.5. The predicted octanol–water partition coefficient (Wildman–Crippen LogP) is 2.49. The molecule has 0 saturated carbocycles. The SMILES string of the molecule is CC.CCCCN1C(C)CNCC1C. The van der Waals surface area contributed by atoms with Crippen LogP contribution in [0.15, 0.2) is 0 Å². The fourth-order valence-corrected chi connectivity index (χ4v) is 1.95. The van der Waals surface area contributed by atoms with E-state index in [2.05, 4.69) is 31.0 Å². The zero-order valence-electron chi connectivity index (χ0n) is 10.6. The molecule has 0 aromatic rings. The third kappa shape index (κ3) is 4.43. The highest BCUT2D eigenvalue weighted by Gasteiger charge is 2.22. The van der Waals surface area contributed by atoms with Gasteiger partial charge in [0, 0.05) is 25.2 Å². The first-order valence-corrected chi connectivity index (χ1v) is 6.22. The average molecular weight is 200 g/mol. The lowest BCUT2D eigenvalue weighted by atomic mass is 10.1. The van der Waals surface area contributed by atoms with Gasteiger partial charge in [0.15, 0.2) is 0 Å². The molecule has 1 rings (SSSR count). The van der Waals surface area contributed by atoms with Gasteiger partial charge in [0.1, 0.15) is 0 Å². The van der Waals surface area contributed by atoms with Crippen molar-refractivity contribution in [3.63, 3.8) is 0 Å². The second-order valence-corrected chi connectivity index (χ2v) is 3.95. The first-order valence-electron chi connectivity index (χ1n) is 6.22. The number of rotatable bonds is 3. The van der Waals surface area contributed by atoms with Crippen LogP contribution in [-0.4, -0.2) is 36.6 Å². The zero-order valence-corrected chi connectivity index (χ0v) is 10.6. The molecule has 1 heterocycles. The molecular weight excluding hydrogens is 172 g/mol. The minimum Gasteiger partial charge on any atom is -0.314 e. The monoisotopic (exact) mass is 200 g/mol. The van der Waals surface area contributed by atoms with Gasteiger partial charge in [-0.25, -0.2) is 0 Å². The molecular formula is C12H28N2. The fourth-order valence-electron chi connectivity index (χ4n) is 1.95. The third-order valence-electron chi connectivity index (χ3n) is 2.78. The molecule has 14 heavy (non-hydrogen) atoms. The highest BCUT2D eigenvalue weighted by molar-refractivity contribution is 4.81. The molecule has 1 fully saturated rings. The standard InChI is InChI=1S/C10H22N2.C2H6/c1-4-5-6-12-9(2)7-11-8-10(12)3;1-2/h9-11H,4-8H2,1-3H3;1-2H3. The number of hydrogen-bond acceptors (Lipinski definition) is 2. The summed E-state index contributed by atoms with van der Waals surface area (Å²) in [7, 11) is 0. The third-order valence-corrected chi connectivity index (χ3v) is 2.78. The van der Waals surface area contributed by atoms with Crippen LogP contribution in [0.1, 0.15) is 47.5 Å². The first-order chi connectivity index (χ1) is 6.75. The minimum atomic E-state index is 0.722. The second-order valence-electron chi connectivity index (χ2n) is 3.95. The van der Waals surface area contributed by atoms with E-state index in [9.17, 15) is 0 Å². The summed E-state index contributed by atoms with van der Waals surface area (Å²) in [6, 6.07) is 1.44. The zero-order chi connectivity index (χ0) is 11.0. The fraction of sp³-hybridized carbons (Fsp3) is 1.00. The lowest BCUT2D eigenvalue weighted by Crippen LogP contribution is -2.55. The summed E-state index contributed by atoms with van der Waals surface area (Å²) in [5.74, 6) is 0. The number of hydrogen-bond donors (Lipinski definition) is 1. The van der Waals surface area contributed by atoms with Gasteiger partial charge in [-0.15, -0.1) is 0 Å². The molecule has 0 amide bonds. The van der Waals surface area contributed by atoms with E-state index in [-0.39, 0.29) is 0 Å². The van der Waals surface area contributed by atoms with E-state index in [1.165, 1.54) is 19.4 Å². The Labute approximate surface area is 90.1 Å². The summed E-state index contributed by atoms with van der Waals surface area (Å²) in [6.07, 6.45) is 2.65. The van der Waals surface area contributed by atoms with Crippen molar-refractivity contribution in [1.82, 2.24) is 10.2 Å². The molecule has 0 spiro atoms. The van der Waals surface area contributed by atoms with Crippen molar-refractivity contribution in [3.05, 3.63) is 0 Å². The molecule has 1 aliphatic rings. The molecule has 1 aliphatic heterocycles. The molecule has 2 unspecified atom stereocenters. The highest BCUT2D eigenvalue weighted by Crippen LogP contribution is 2.10. The van der Waals surface area contributed by atoms with E-state index in [0.717, 1.165) is 25.2 Å². The molecule has 2 atom stereocenters. The maximum absolute atomic E-state index is 3.45. The number of nitrogens with one attached hydrogen (secondary N) is 1. The maximum atomic E-state index is 3.45. The van der Waals surface area contributed by atoms with Crippen molar-refractivity contribution in [1.29, 1.82) is 0 Å². The van der Waals surface area contributed by atoms with Crippen molar-refractivity contribution in [2.24, 2.45) is 0 Å². The maximum Gasteiger partial charge on any atom is 0.0195 e. The summed E-state index contributed by atoms with van der Waals surface area (Å²) in [5, 5.41) is 3.45. The van der Waals surface area contributed by atoms with Crippen LogP contribution in [0.2, 0.25) is 0 Å².